The average molecular weight is 424 g/mol. The van der Waals surface area contributed by atoms with Crippen LogP contribution in [0.15, 0.2) is 54.6 Å². The Bertz CT molecular complexity index is 952. The van der Waals surface area contributed by atoms with Crippen LogP contribution in [0, 0.1) is 0 Å². The third-order valence-corrected chi connectivity index (χ3v) is 4.99. The second-order valence-corrected chi connectivity index (χ2v) is 8.68. The average Bonchev–Trinajstić information content (AvgIpc) is 3.03. The van der Waals surface area contributed by atoms with E-state index < -0.39 is 29.7 Å². The monoisotopic (exact) mass is 424 g/mol. The minimum atomic E-state index is -0.977. The molecule has 164 valence electrons. The summed E-state index contributed by atoms with van der Waals surface area (Å²) in [4.78, 5) is 39.1. The lowest BCUT2D eigenvalue weighted by Crippen LogP contribution is -2.53. The van der Waals surface area contributed by atoms with Crippen LogP contribution in [0.1, 0.15) is 38.3 Å². The van der Waals surface area contributed by atoms with Gasteiger partial charge in [0.1, 0.15) is 11.6 Å². The predicted octanol–water partition coefficient (Wildman–Crippen LogP) is 3.56. The highest BCUT2D eigenvalue weighted by Gasteiger charge is 2.38. The fourth-order valence-corrected chi connectivity index (χ4v) is 3.79. The van der Waals surface area contributed by atoms with Crippen LogP contribution in [0.25, 0.3) is 0 Å². The zero-order valence-electron chi connectivity index (χ0n) is 18.0. The summed E-state index contributed by atoms with van der Waals surface area (Å²) >= 11 is 0. The largest absolute Gasteiger partial charge is 0.481 e. The van der Waals surface area contributed by atoms with Crippen LogP contribution in [0.4, 0.5) is 10.5 Å². The molecule has 0 fully saturated rings. The van der Waals surface area contributed by atoms with Crippen molar-refractivity contribution in [3.05, 3.63) is 65.7 Å². The van der Waals surface area contributed by atoms with Gasteiger partial charge in [0.2, 0.25) is 5.91 Å². The van der Waals surface area contributed by atoms with Gasteiger partial charge in [0, 0.05) is 12.1 Å². The Kier molecular flexibility index (Phi) is 6.63. The molecule has 2 N–H and O–H groups in total. The van der Waals surface area contributed by atoms with Gasteiger partial charge in [-0.15, -0.1) is 0 Å². The summed E-state index contributed by atoms with van der Waals surface area (Å²) in [6, 6.07) is 15.3. The first-order valence-electron chi connectivity index (χ1n) is 10.3. The maximum absolute atomic E-state index is 13.7. The molecule has 0 aliphatic carbocycles. The van der Waals surface area contributed by atoms with Crippen molar-refractivity contribution in [1.82, 2.24) is 5.32 Å². The Morgan fingerprint density at radius 2 is 1.74 bits per heavy atom. The number of fused-ring (bicyclic) bond motifs is 1. The van der Waals surface area contributed by atoms with E-state index in [0.29, 0.717) is 12.1 Å². The molecular formula is C24H28N2O5. The lowest BCUT2D eigenvalue weighted by atomic mass is 10.0. The number of carboxylic acids is 1. The molecule has 0 saturated carbocycles. The van der Waals surface area contributed by atoms with Gasteiger partial charge >= 0.3 is 12.1 Å². The van der Waals surface area contributed by atoms with Gasteiger partial charge in [-0.05, 0) is 44.4 Å². The van der Waals surface area contributed by atoms with Gasteiger partial charge in [0.25, 0.3) is 0 Å². The Morgan fingerprint density at radius 3 is 2.39 bits per heavy atom. The van der Waals surface area contributed by atoms with E-state index >= 15 is 0 Å². The minimum absolute atomic E-state index is 0.176. The number of anilines is 1. The van der Waals surface area contributed by atoms with E-state index in [0.717, 1.165) is 11.1 Å². The van der Waals surface area contributed by atoms with Crippen LogP contribution in [0.5, 0.6) is 0 Å². The zero-order valence-corrected chi connectivity index (χ0v) is 18.0. The summed E-state index contributed by atoms with van der Waals surface area (Å²) in [6.45, 7) is 5.25. The van der Waals surface area contributed by atoms with Crippen LogP contribution >= 0.6 is 0 Å². The van der Waals surface area contributed by atoms with Gasteiger partial charge in [0.05, 0.1) is 12.5 Å². The Morgan fingerprint density at radius 1 is 1.10 bits per heavy atom. The summed E-state index contributed by atoms with van der Waals surface area (Å²) in [5, 5.41) is 12.1. The number of nitrogens with one attached hydrogen (secondary N) is 1. The van der Waals surface area contributed by atoms with Gasteiger partial charge in [0.15, 0.2) is 0 Å². The summed E-state index contributed by atoms with van der Waals surface area (Å²) < 4.78 is 5.36. The molecule has 1 unspecified atom stereocenters. The van der Waals surface area contributed by atoms with Gasteiger partial charge in [-0.1, -0.05) is 48.5 Å². The van der Waals surface area contributed by atoms with E-state index in [1.807, 2.05) is 54.6 Å². The van der Waals surface area contributed by atoms with E-state index in [9.17, 15) is 19.5 Å². The van der Waals surface area contributed by atoms with Crippen molar-refractivity contribution in [2.75, 3.05) is 4.90 Å². The topological polar surface area (TPSA) is 95.9 Å². The molecule has 0 saturated heterocycles. The highest BCUT2D eigenvalue weighted by Crippen LogP contribution is 2.34. The molecule has 0 spiro atoms. The third-order valence-electron chi connectivity index (χ3n) is 4.99. The van der Waals surface area contributed by atoms with Crippen molar-refractivity contribution in [1.29, 1.82) is 0 Å². The number of amides is 2. The molecule has 2 aromatic rings. The van der Waals surface area contributed by atoms with Crippen molar-refractivity contribution >= 4 is 23.7 Å². The second-order valence-electron chi connectivity index (χ2n) is 8.68. The van der Waals surface area contributed by atoms with Crippen molar-refractivity contribution in [3.63, 3.8) is 0 Å². The van der Waals surface area contributed by atoms with Gasteiger partial charge in [-0.2, -0.15) is 0 Å². The van der Waals surface area contributed by atoms with E-state index in [2.05, 4.69) is 5.32 Å². The number of hydrogen-bond acceptors (Lipinski definition) is 4. The maximum atomic E-state index is 13.7. The number of rotatable bonds is 6. The normalized spacial score (nSPS) is 16.4. The first-order valence-corrected chi connectivity index (χ1v) is 10.3. The van der Waals surface area contributed by atoms with Crippen LogP contribution in [0.2, 0.25) is 0 Å². The van der Waals surface area contributed by atoms with Crippen LogP contribution in [-0.4, -0.2) is 40.8 Å². The number of aliphatic carboxylic acids is 1. The number of carboxylic acid groups (broad SMARTS) is 1. The number of benzene rings is 2. The van der Waals surface area contributed by atoms with Gasteiger partial charge in [-0.3, -0.25) is 9.59 Å². The molecule has 7 nitrogen and oxygen atoms in total. The van der Waals surface area contributed by atoms with E-state index in [-0.39, 0.29) is 18.7 Å². The molecule has 7 heteroatoms. The van der Waals surface area contributed by atoms with E-state index in [4.69, 9.17) is 4.74 Å². The summed E-state index contributed by atoms with van der Waals surface area (Å²) in [5.74, 6) is -1.33. The molecule has 0 bridgehead atoms. The molecular weight excluding hydrogens is 396 g/mol. The fourth-order valence-electron chi connectivity index (χ4n) is 3.79. The standard InChI is InChI=1S/C24H28N2O5/c1-24(2,3)31-23(30)25-19(13-16-9-5-4-6-10-16)22(29)26-18(15-21(27)28)14-17-11-7-8-12-20(17)26/h4-12,18-19H,13-15H2,1-3H3,(H,25,30)(H,27,28)/t18-,19?/m1/s1. The first kappa shape index (κ1) is 22.3. The van der Waals surface area contributed by atoms with Gasteiger partial charge < -0.3 is 20.1 Å². The second kappa shape index (κ2) is 9.20. The lowest BCUT2D eigenvalue weighted by molar-refractivity contribution is -0.137. The molecule has 2 aromatic carbocycles. The fraction of sp³-hybridized carbons (Fsp3) is 0.375. The first-order chi connectivity index (χ1) is 14.6. The van der Waals surface area contributed by atoms with Crippen LogP contribution < -0.4 is 10.2 Å². The number of hydrogen-bond donors (Lipinski definition) is 2. The number of ether oxygens (including phenoxy) is 1. The molecule has 2 amide bonds. The predicted molar refractivity (Wildman–Crippen MR) is 117 cm³/mol. The molecule has 1 aliphatic heterocycles. The Hall–Kier alpha value is -3.35. The Balaban J connectivity index is 1.91. The third kappa shape index (κ3) is 5.84. The number of alkyl carbamates (subject to hydrolysis) is 1. The lowest BCUT2D eigenvalue weighted by Gasteiger charge is -2.30. The molecule has 1 heterocycles. The smallest absolute Gasteiger partial charge is 0.408 e. The summed E-state index contributed by atoms with van der Waals surface area (Å²) in [6.07, 6.45) is -0.148. The highest BCUT2D eigenvalue weighted by molar-refractivity contribution is 6.01. The molecule has 3 rings (SSSR count). The van der Waals surface area contributed by atoms with Crippen molar-refractivity contribution in [2.24, 2.45) is 0 Å². The molecule has 1 aliphatic rings. The highest BCUT2D eigenvalue weighted by atomic mass is 16.6. The zero-order chi connectivity index (χ0) is 22.6. The minimum Gasteiger partial charge on any atom is -0.481 e. The maximum Gasteiger partial charge on any atom is 0.408 e. The quantitative estimate of drug-likeness (QED) is 0.739. The molecule has 2 atom stereocenters. The summed E-state index contributed by atoms with van der Waals surface area (Å²) in [7, 11) is 0. The van der Waals surface area contributed by atoms with Crippen molar-refractivity contribution in [3.8, 4) is 0 Å². The SMILES string of the molecule is CC(C)(C)OC(=O)NC(Cc1ccccc1)C(=O)N1c2ccccc2C[C@@H]1CC(=O)O. The molecule has 0 radical (unpaired) electrons. The van der Waals surface area contributed by atoms with Gasteiger partial charge in [-0.25, -0.2) is 4.79 Å². The number of para-hydroxylation sites is 1. The Labute approximate surface area is 182 Å². The molecule has 0 aromatic heterocycles. The molecule has 31 heavy (non-hydrogen) atoms. The van der Waals surface area contributed by atoms with Crippen molar-refractivity contribution < 1.29 is 24.2 Å². The van der Waals surface area contributed by atoms with Crippen LogP contribution in [0.3, 0.4) is 0 Å². The van der Waals surface area contributed by atoms with Crippen molar-refractivity contribution in [2.45, 2.75) is 57.7 Å². The number of carbonyl (C=O) groups is 3. The summed E-state index contributed by atoms with van der Waals surface area (Å²) in [5.41, 5.74) is 1.76. The number of nitrogens with zero attached hydrogens (tertiary/aromatic N) is 1. The van der Waals surface area contributed by atoms with E-state index in [1.165, 1.54) is 4.90 Å². The van der Waals surface area contributed by atoms with Crippen LogP contribution in [-0.2, 0) is 27.2 Å². The van der Waals surface area contributed by atoms with E-state index in [1.54, 1.807) is 20.8 Å². The number of carbonyl (C=O) groups excluding carboxylic acids is 2.